The number of carboxylic acid groups (broad SMARTS) is 1. The molecule has 0 radical (unpaired) electrons. The van der Waals surface area contributed by atoms with Crippen LogP contribution in [0, 0.1) is 0 Å². The first-order valence-electron chi connectivity index (χ1n) is 9.33. The first kappa shape index (κ1) is 19.4. The highest BCUT2D eigenvalue weighted by Crippen LogP contribution is 2.35. The zero-order chi connectivity index (χ0) is 19.9. The second-order valence-corrected chi connectivity index (χ2v) is 6.50. The third-order valence-electron chi connectivity index (χ3n) is 4.55. The van der Waals surface area contributed by atoms with Crippen molar-refractivity contribution < 1.29 is 19.4 Å². The van der Waals surface area contributed by atoms with Crippen LogP contribution in [0.4, 0.5) is 0 Å². The summed E-state index contributed by atoms with van der Waals surface area (Å²) in [6.07, 6.45) is 2.76. The van der Waals surface area contributed by atoms with Crippen molar-refractivity contribution in [2.45, 2.75) is 26.2 Å². The Balaban J connectivity index is 2.05. The summed E-state index contributed by atoms with van der Waals surface area (Å²) in [4.78, 5) is 24.3. The zero-order valence-electron chi connectivity index (χ0n) is 15.7. The molecule has 0 aliphatic carbocycles. The number of esters is 1. The Bertz CT molecular complexity index is 977. The average Bonchev–Trinajstić information content (AvgIpc) is 2.73. The predicted octanol–water partition coefficient (Wildman–Crippen LogP) is 5.61. The van der Waals surface area contributed by atoms with Crippen molar-refractivity contribution >= 4 is 11.9 Å². The number of aryl methyl sites for hydroxylation is 1. The molecule has 0 bridgehead atoms. The van der Waals surface area contributed by atoms with Crippen LogP contribution in [0.3, 0.4) is 0 Å². The molecule has 3 rings (SSSR count). The number of aromatic carboxylic acids is 1. The van der Waals surface area contributed by atoms with E-state index in [-0.39, 0.29) is 11.1 Å². The Hall–Kier alpha value is -3.40. The molecule has 4 heteroatoms. The molecule has 0 atom stereocenters. The summed E-state index contributed by atoms with van der Waals surface area (Å²) in [7, 11) is 0. The highest BCUT2D eigenvalue weighted by atomic mass is 16.5. The molecule has 0 aliphatic heterocycles. The van der Waals surface area contributed by atoms with E-state index >= 15 is 0 Å². The summed E-state index contributed by atoms with van der Waals surface area (Å²) in [5.74, 6) is -1.33. The molecule has 0 aromatic heterocycles. The van der Waals surface area contributed by atoms with Gasteiger partial charge in [-0.1, -0.05) is 74.0 Å². The fourth-order valence-electron chi connectivity index (χ4n) is 3.11. The van der Waals surface area contributed by atoms with E-state index in [0.29, 0.717) is 5.75 Å². The molecule has 3 aromatic carbocycles. The monoisotopic (exact) mass is 374 g/mol. The Morgan fingerprint density at radius 3 is 2.21 bits per heavy atom. The molecule has 1 N–H and O–H groups in total. The predicted molar refractivity (Wildman–Crippen MR) is 109 cm³/mol. The van der Waals surface area contributed by atoms with Gasteiger partial charge in [0.2, 0.25) is 0 Å². The zero-order valence-corrected chi connectivity index (χ0v) is 15.7. The summed E-state index contributed by atoms with van der Waals surface area (Å²) in [5, 5.41) is 9.38. The number of benzene rings is 3. The lowest BCUT2D eigenvalue weighted by molar-refractivity contribution is 0.0667. The third-order valence-corrected chi connectivity index (χ3v) is 4.55. The second-order valence-electron chi connectivity index (χ2n) is 6.50. The molecule has 0 spiro atoms. The van der Waals surface area contributed by atoms with Crippen LogP contribution in [0.15, 0.2) is 72.8 Å². The second kappa shape index (κ2) is 9.00. The van der Waals surface area contributed by atoms with E-state index in [2.05, 4.69) is 6.92 Å². The molecule has 0 fully saturated rings. The largest absolute Gasteiger partial charge is 0.478 e. The first-order valence-corrected chi connectivity index (χ1v) is 9.33. The summed E-state index contributed by atoms with van der Waals surface area (Å²) in [6.45, 7) is 2.11. The topological polar surface area (TPSA) is 63.6 Å². The molecule has 0 aliphatic rings. The van der Waals surface area contributed by atoms with Crippen LogP contribution in [0.5, 0.6) is 5.75 Å². The fraction of sp³-hybridized carbons (Fsp3) is 0.167. The Labute approximate surface area is 164 Å². The number of rotatable bonds is 7. The highest BCUT2D eigenvalue weighted by Gasteiger charge is 2.21. The van der Waals surface area contributed by atoms with Crippen LogP contribution in [-0.2, 0) is 6.42 Å². The lowest BCUT2D eigenvalue weighted by Crippen LogP contribution is -2.15. The summed E-state index contributed by atoms with van der Waals surface area (Å²) < 4.78 is 5.80. The highest BCUT2D eigenvalue weighted by molar-refractivity contribution is 6.03. The number of para-hydroxylation sites is 1. The Morgan fingerprint density at radius 2 is 1.54 bits per heavy atom. The van der Waals surface area contributed by atoms with Gasteiger partial charge in [0, 0.05) is 5.56 Å². The van der Waals surface area contributed by atoms with Crippen LogP contribution < -0.4 is 4.74 Å². The van der Waals surface area contributed by atoms with Crippen molar-refractivity contribution in [1.82, 2.24) is 0 Å². The van der Waals surface area contributed by atoms with Crippen LogP contribution in [-0.4, -0.2) is 17.0 Å². The SMILES string of the molecule is CCCCc1cccc(-c2ccccc2)c1OC(=O)c1ccccc1C(=O)O. The van der Waals surface area contributed by atoms with Gasteiger partial charge in [0.15, 0.2) is 0 Å². The fourth-order valence-corrected chi connectivity index (χ4v) is 3.11. The number of unbranched alkanes of at least 4 members (excludes halogenated alkanes) is 1. The van der Waals surface area contributed by atoms with Crippen molar-refractivity contribution in [3.05, 3.63) is 89.5 Å². The van der Waals surface area contributed by atoms with Crippen molar-refractivity contribution in [1.29, 1.82) is 0 Å². The molecule has 4 nitrogen and oxygen atoms in total. The molecular weight excluding hydrogens is 352 g/mol. The molecule has 0 heterocycles. The number of hydrogen-bond acceptors (Lipinski definition) is 3. The van der Waals surface area contributed by atoms with Crippen LogP contribution in [0.1, 0.15) is 46.0 Å². The normalized spacial score (nSPS) is 10.5. The van der Waals surface area contributed by atoms with Crippen LogP contribution in [0.25, 0.3) is 11.1 Å². The number of ether oxygens (including phenoxy) is 1. The molecule has 142 valence electrons. The van der Waals surface area contributed by atoms with Gasteiger partial charge in [-0.25, -0.2) is 9.59 Å². The maximum Gasteiger partial charge on any atom is 0.344 e. The molecule has 28 heavy (non-hydrogen) atoms. The third kappa shape index (κ3) is 4.29. The van der Waals surface area contributed by atoms with Gasteiger partial charge in [-0.15, -0.1) is 0 Å². The van der Waals surface area contributed by atoms with Crippen molar-refractivity contribution in [3.8, 4) is 16.9 Å². The summed E-state index contributed by atoms with van der Waals surface area (Å²) in [5.41, 5.74) is 2.66. The van der Waals surface area contributed by atoms with Gasteiger partial charge in [0.25, 0.3) is 0 Å². The average molecular weight is 374 g/mol. The van der Waals surface area contributed by atoms with Crippen molar-refractivity contribution in [3.63, 3.8) is 0 Å². The smallest absolute Gasteiger partial charge is 0.344 e. The minimum absolute atomic E-state index is 0.0410. The lowest BCUT2D eigenvalue weighted by Gasteiger charge is -2.16. The molecule has 0 saturated carbocycles. The van der Waals surface area contributed by atoms with Gasteiger partial charge in [0.1, 0.15) is 5.75 Å². The Morgan fingerprint density at radius 1 is 0.857 bits per heavy atom. The van der Waals surface area contributed by atoms with Gasteiger partial charge >= 0.3 is 11.9 Å². The van der Waals surface area contributed by atoms with E-state index in [4.69, 9.17) is 4.74 Å². The Kier molecular flexibility index (Phi) is 6.22. The van der Waals surface area contributed by atoms with Gasteiger partial charge in [0.05, 0.1) is 11.1 Å². The van der Waals surface area contributed by atoms with Crippen LogP contribution in [0.2, 0.25) is 0 Å². The van der Waals surface area contributed by atoms with E-state index in [9.17, 15) is 14.7 Å². The van der Waals surface area contributed by atoms with Gasteiger partial charge in [-0.2, -0.15) is 0 Å². The van der Waals surface area contributed by atoms with Gasteiger partial charge in [-0.3, -0.25) is 0 Å². The molecule has 3 aromatic rings. The van der Waals surface area contributed by atoms with E-state index in [1.54, 1.807) is 12.1 Å². The lowest BCUT2D eigenvalue weighted by atomic mass is 9.98. The number of carboxylic acids is 1. The standard InChI is InChI=1S/C24H22O4/c1-2-3-10-18-13-9-16-19(17-11-5-4-6-12-17)22(18)28-24(27)21-15-8-7-14-20(21)23(25)26/h4-9,11-16H,2-3,10H2,1H3,(H,25,26). The van der Waals surface area contributed by atoms with Gasteiger partial charge in [-0.05, 0) is 36.1 Å². The number of hydrogen-bond donors (Lipinski definition) is 1. The maximum atomic E-state index is 12.9. The van der Waals surface area contributed by atoms with Crippen molar-refractivity contribution in [2.24, 2.45) is 0 Å². The van der Waals surface area contributed by atoms with E-state index < -0.39 is 11.9 Å². The molecule has 0 amide bonds. The molecule has 0 saturated heterocycles. The minimum atomic E-state index is -1.16. The van der Waals surface area contributed by atoms with E-state index in [0.717, 1.165) is 36.0 Å². The quantitative estimate of drug-likeness (QED) is 0.431. The first-order chi connectivity index (χ1) is 13.6. The number of carbonyl (C=O) groups excluding carboxylic acids is 1. The summed E-state index contributed by atoms with van der Waals surface area (Å²) in [6, 6.07) is 21.6. The van der Waals surface area contributed by atoms with Gasteiger partial charge < -0.3 is 9.84 Å². The van der Waals surface area contributed by atoms with E-state index in [1.165, 1.54) is 12.1 Å². The number of carbonyl (C=O) groups is 2. The van der Waals surface area contributed by atoms with E-state index in [1.807, 2.05) is 48.5 Å². The van der Waals surface area contributed by atoms with Crippen LogP contribution >= 0.6 is 0 Å². The maximum absolute atomic E-state index is 12.9. The molecular formula is C24H22O4. The molecule has 0 unspecified atom stereocenters. The summed E-state index contributed by atoms with van der Waals surface area (Å²) >= 11 is 0. The minimum Gasteiger partial charge on any atom is -0.478 e. The van der Waals surface area contributed by atoms with Crippen molar-refractivity contribution in [2.75, 3.05) is 0 Å².